The van der Waals surface area contributed by atoms with Gasteiger partial charge in [0.05, 0.1) is 6.42 Å². The van der Waals surface area contributed by atoms with Crippen LogP contribution in [0.1, 0.15) is 31.7 Å². The van der Waals surface area contributed by atoms with E-state index in [1.165, 1.54) is 4.90 Å². The van der Waals surface area contributed by atoms with Crippen molar-refractivity contribution in [1.82, 2.24) is 4.90 Å². The summed E-state index contributed by atoms with van der Waals surface area (Å²) >= 11 is 0. The molecular formula is C17H21NO5. The van der Waals surface area contributed by atoms with Crippen LogP contribution in [0.2, 0.25) is 0 Å². The third-order valence-corrected chi connectivity index (χ3v) is 3.96. The SMILES string of the molecule is C[C@H](CC(=O)OCc1ccccc1)C(=O)N1CCC[C@H]1C(=O)O. The number of likely N-dealkylation sites (tertiary alicyclic amines) is 1. The highest BCUT2D eigenvalue weighted by atomic mass is 16.5. The highest BCUT2D eigenvalue weighted by Crippen LogP contribution is 2.21. The van der Waals surface area contributed by atoms with Gasteiger partial charge in [-0.25, -0.2) is 4.79 Å². The zero-order valence-corrected chi connectivity index (χ0v) is 13.1. The van der Waals surface area contributed by atoms with Crippen LogP contribution in [-0.2, 0) is 25.7 Å². The van der Waals surface area contributed by atoms with Crippen LogP contribution in [0.25, 0.3) is 0 Å². The molecule has 0 spiro atoms. The number of carbonyl (C=O) groups excluding carboxylic acids is 2. The first-order valence-corrected chi connectivity index (χ1v) is 7.72. The summed E-state index contributed by atoms with van der Waals surface area (Å²) in [5.74, 6) is -2.33. The minimum Gasteiger partial charge on any atom is -0.480 e. The number of carboxylic acids is 1. The quantitative estimate of drug-likeness (QED) is 0.809. The van der Waals surface area contributed by atoms with Crippen LogP contribution in [0.4, 0.5) is 0 Å². The van der Waals surface area contributed by atoms with Gasteiger partial charge in [0.1, 0.15) is 12.6 Å². The molecule has 6 heteroatoms. The molecule has 1 fully saturated rings. The van der Waals surface area contributed by atoms with Crippen molar-refractivity contribution in [2.45, 2.75) is 38.8 Å². The molecule has 124 valence electrons. The number of hydrogen-bond acceptors (Lipinski definition) is 4. The van der Waals surface area contributed by atoms with Gasteiger partial charge in [0.25, 0.3) is 0 Å². The Kier molecular flexibility index (Phi) is 5.73. The normalized spacial score (nSPS) is 18.5. The molecular weight excluding hydrogens is 298 g/mol. The van der Waals surface area contributed by atoms with Crippen LogP contribution in [0.15, 0.2) is 30.3 Å². The molecule has 1 aromatic rings. The lowest BCUT2D eigenvalue weighted by Gasteiger charge is -2.24. The maximum atomic E-state index is 12.3. The smallest absolute Gasteiger partial charge is 0.326 e. The number of carboxylic acid groups (broad SMARTS) is 1. The fraction of sp³-hybridized carbons (Fsp3) is 0.471. The first-order chi connectivity index (χ1) is 11.0. The van der Waals surface area contributed by atoms with Crippen LogP contribution in [0.3, 0.4) is 0 Å². The Morgan fingerprint density at radius 2 is 2.00 bits per heavy atom. The van der Waals surface area contributed by atoms with E-state index in [1.807, 2.05) is 30.3 Å². The first-order valence-electron chi connectivity index (χ1n) is 7.72. The molecule has 2 rings (SSSR count). The van der Waals surface area contributed by atoms with Crippen LogP contribution < -0.4 is 0 Å². The van der Waals surface area contributed by atoms with E-state index in [2.05, 4.69) is 0 Å². The molecule has 0 radical (unpaired) electrons. The molecule has 0 aliphatic carbocycles. The van der Waals surface area contributed by atoms with Gasteiger partial charge in [-0.3, -0.25) is 9.59 Å². The van der Waals surface area contributed by atoms with E-state index in [-0.39, 0.29) is 18.9 Å². The predicted octanol–water partition coefficient (Wildman–Crippen LogP) is 1.83. The topological polar surface area (TPSA) is 83.9 Å². The lowest BCUT2D eigenvalue weighted by Crippen LogP contribution is -2.43. The molecule has 6 nitrogen and oxygen atoms in total. The second kappa shape index (κ2) is 7.76. The molecule has 1 amide bonds. The average molecular weight is 319 g/mol. The Bertz CT molecular complexity index is 572. The standard InChI is InChI=1S/C17H21NO5/c1-12(16(20)18-9-5-8-14(18)17(21)22)10-15(19)23-11-13-6-3-2-4-7-13/h2-4,6-7,12,14H,5,8-11H2,1H3,(H,21,22)/t12-,14+/m1/s1. The Labute approximate surface area is 135 Å². The summed E-state index contributed by atoms with van der Waals surface area (Å²) in [5.41, 5.74) is 0.880. The van der Waals surface area contributed by atoms with E-state index in [1.54, 1.807) is 6.92 Å². The number of aliphatic carboxylic acids is 1. The van der Waals surface area contributed by atoms with Crippen LogP contribution >= 0.6 is 0 Å². The maximum absolute atomic E-state index is 12.3. The van der Waals surface area contributed by atoms with Crippen molar-refractivity contribution < 1.29 is 24.2 Å². The molecule has 0 bridgehead atoms. The van der Waals surface area contributed by atoms with E-state index in [9.17, 15) is 14.4 Å². The molecule has 0 unspecified atom stereocenters. The van der Waals surface area contributed by atoms with Crippen molar-refractivity contribution in [1.29, 1.82) is 0 Å². The largest absolute Gasteiger partial charge is 0.480 e. The van der Waals surface area contributed by atoms with Crippen LogP contribution in [-0.4, -0.2) is 40.4 Å². The summed E-state index contributed by atoms with van der Waals surface area (Å²) in [4.78, 5) is 36.7. The van der Waals surface area contributed by atoms with E-state index in [4.69, 9.17) is 9.84 Å². The number of rotatable bonds is 6. The lowest BCUT2D eigenvalue weighted by molar-refractivity contribution is -0.152. The first kappa shape index (κ1) is 17.0. The molecule has 0 aromatic heterocycles. The molecule has 1 heterocycles. The van der Waals surface area contributed by atoms with Crippen molar-refractivity contribution in [2.24, 2.45) is 5.92 Å². The summed E-state index contributed by atoms with van der Waals surface area (Å²) in [6.07, 6.45) is 1.09. The van der Waals surface area contributed by atoms with Crippen LogP contribution in [0.5, 0.6) is 0 Å². The highest BCUT2D eigenvalue weighted by molar-refractivity contribution is 5.87. The average Bonchev–Trinajstić information content (AvgIpc) is 3.03. The lowest BCUT2D eigenvalue weighted by atomic mass is 10.1. The molecule has 2 atom stereocenters. The van der Waals surface area contributed by atoms with Gasteiger partial charge in [0.15, 0.2) is 0 Å². The minimum atomic E-state index is -0.991. The van der Waals surface area contributed by atoms with E-state index < -0.39 is 23.9 Å². The molecule has 1 N–H and O–H groups in total. The van der Waals surface area contributed by atoms with Crippen molar-refractivity contribution >= 4 is 17.8 Å². The third-order valence-electron chi connectivity index (χ3n) is 3.96. The summed E-state index contributed by atoms with van der Waals surface area (Å²) in [5, 5.41) is 9.12. The second-order valence-electron chi connectivity index (χ2n) is 5.78. The third kappa shape index (κ3) is 4.55. The second-order valence-corrected chi connectivity index (χ2v) is 5.78. The summed E-state index contributed by atoms with van der Waals surface area (Å²) in [6, 6.07) is 8.52. The Hall–Kier alpha value is -2.37. The number of carbonyl (C=O) groups is 3. The van der Waals surface area contributed by atoms with Gasteiger partial charge < -0.3 is 14.7 Å². The number of amides is 1. The fourth-order valence-electron chi connectivity index (χ4n) is 2.70. The monoisotopic (exact) mass is 319 g/mol. The Balaban J connectivity index is 1.83. The number of benzene rings is 1. The summed E-state index contributed by atoms with van der Waals surface area (Å²) in [7, 11) is 0. The molecule has 1 aromatic carbocycles. The fourth-order valence-corrected chi connectivity index (χ4v) is 2.70. The summed E-state index contributed by atoms with van der Waals surface area (Å²) in [6.45, 7) is 2.23. The number of ether oxygens (including phenoxy) is 1. The molecule has 23 heavy (non-hydrogen) atoms. The van der Waals surface area contributed by atoms with E-state index in [0.717, 1.165) is 5.56 Å². The Morgan fingerprint density at radius 3 is 2.65 bits per heavy atom. The number of hydrogen-bond donors (Lipinski definition) is 1. The van der Waals surface area contributed by atoms with Gasteiger partial charge in [0.2, 0.25) is 5.91 Å². The molecule has 1 aliphatic heterocycles. The summed E-state index contributed by atoms with van der Waals surface area (Å²) < 4.78 is 5.16. The Morgan fingerprint density at radius 1 is 1.30 bits per heavy atom. The van der Waals surface area contributed by atoms with Crippen molar-refractivity contribution in [3.63, 3.8) is 0 Å². The van der Waals surface area contributed by atoms with Crippen molar-refractivity contribution in [3.05, 3.63) is 35.9 Å². The molecule has 0 saturated carbocycles. The van der Waals surface area contributed by atoms with Gasteiger partial charge in [-0.15, -0.1) is 0 Å². The van der Waals surface area contributed by atoms with Gasteiger partial charge in [-0.05, 0) is 18.4 Å². The van der Waals surface area contributed by atoms with E-state index in [0.29, 0.717) is 19.4 Å². The predicted molar refractivity (Wildman–Crippen MR) is 82.4 cm³/mol. The van der Waals surface area contributed by atoms with Crippen LogP contribution in [0, 0.1) is 5.92 Å². The van der Waals surface area contributed by atoms with Gasteiger partial charge >= 0.3 is 11.9 Å². The van der Waals surface area contributed by atoms with E-state index >= 15 is 0 Å². The number of nitrogens with zero attached hydrogens (tertiary/aromatic N) is 1. The maximum Gasteiger partial charge on any atom is 0.326 e. The minimum absolute atomic E-state index is 0.0471. The zero-order chi connectivity index (χ0) is 16.8. The van der Waals surface area contributed by atoms with Gasteiger partial charge in [0, 0.05) is 12.5 Å². The van der Waals surface area contributed by atoms with Gasteiger partial charge in [-0.1, -0.05) is 37.3 Å². The zero-order valence-electron chi connectivity index (χ0n) is 13.1. The van der Waals surface area contributed by atoms with Gasteiger partial charge in [-0.2, -0.15) is 0 Å². The number of esters is 1. The highest BCUT2D eigenvalue weighted by Gasteiger charge is 2.36. The van der Waals surface area contributed by atoms with Crippen molar-refractivity contribution in [2.75, 3.05) is 6.54 Å². The molecule has 1 saturated heterocycles. The van der Waals surface area contributed by atoms with Crippen molar-refractivity contribution in [3.8, 4) is 0 Å². The molecule has 1 aliphatic rings.